The zero-order valence-corrected chi connectivity index (χ0v) is 28.9. The highest BCUT2D eigenvalue weighted by molar-refractivity contribution is 7.92. The quantitative estimate of drug-likeness (QED) is 0.0521. The summed E-state index contributed by atoms with van der Waals surface area (Å²) in [5, 5.41) is 21.3. The van der Waals surface area contributed by atoms with E-state index in [9.17, 15) is 23.1 Å². The van der Waals surface area contributed by atoms with Crippen LogP contribution in [0.4, 0.5) is 17.2 Å². The van der Waals surface area contributed by atoms with Crippen molar-refractivity contribution in [2.24, 2.45) is 16.5 Å². The highest BCUT2D eigenvalue weighted by Gasteiger charge is 2.25. The molecule has 1 aliphatic heterocycles. The first-order chi connectivity index (χ1) is 24.1. The molecule has 4 heterocycles. The van der Waals surface area contributed by atoms with E-state index < -0.39 is 27.9 Å². The first kappa shape index (κ1) is 36.1. The molecular formula is C32H41N11O5S2. The van der Waals surface area contributed by atoms with E-state index in [0.29, 0.717) is 18.7 Å². The predicted octanol–water partition coefficient (Wildman–Crippen LogP) is 1.81. The number of nitrogens with one attached hydrogen (secondary N) is 3. The van der Waals surface area contributed by atoms with Gasteiger partial charge in [-0.15, -0.1) is 11.3 Å². The summed E-state index contributed by atoms with van der Waals surface area (Å²) in [5.41, 5.74) is 12.2. The van der Waals surface area contributed by atoms with E-state index in [1.807, 2.05) is 35.3 Å². The summed E-state index contributed by atoms with van der Waals surface area (Å²) in [6.07, 6.45) is 5.98. The minimum atomic E-state index is -4.09. The Balaban J connectivity index is 1.11. The molecule has 16 nitrogen and oxygen atoms in total. The molecule has 0 radical (unpaired) electrons. The number of benzene rings is 1. The van der Waals surface area contributed by atoms with Crippen LogP contribution in [0.3, 0.4) is 0 Å². The molecular weight excluding hydrogens is 683 g/mol. The summed E-state index contributed by atoms with van der Waals surface area (Å²) in [5.74, 6) is -1.05. The van der Waals surface area contributed by atoms with Gasteiger partial charge in [-0.2, -0.15) is 5.10 Å². The SMILES string of the molecule is NC(N)=NCCC[C@H](NC(=O)c1sccc1NS(=O)(=O)c1cccc(NCc2cnn(CCN3CCN(c4ccccn4)CC3)c2)c1)C(=O)O. The van der Waals surface area contributed by atoms with Crippen molar-refractivity contribution in [3.8, 4) is 0 Å². The van der Waals surface area contributed by atoms with E-state index in [-0.39, 0.29) is 34.4 Å². The molecule has 3 aromatic heterocycles. The van der Waals surface area contributed by atoms with Crippen LogP contribution in [0, 0.1) is 0 Å². The third-order valence-electron chi connectivity index (χ3n) is 7.98. The number of sulfonamides is 1. The number of aliphatic imine (C=N–C) groups is 1. The van der Waals surface area contributed by atoms with Crippen LogP contribution in [-0.4, -0.2) is 96.3 Å². The lowest BCUT2D eigenvalue weighted by molar-refractivity contribution is -0.139. The Bertz CT molecular complexity index is 1870. The third kappa shape index (κ3) is 10.2. The van der Waals surface area contributed by atoms with Gasteiger partial charge in [-0.25, -0.2) is 18.2 Å². The molecule has 8 N–H and O–H groups in total. The average Bonchev–Trinajstić information content (AvgIpc) is 3.77. The van der Waals surface area contributed by atoms with Gasteiger partial charge in [0.25, 0.3) is 15.9 Å². The number of carbonyl (C=O) groups is 2. The number of hydrogen-bond donors (Lipinski definition) is 6. The van der Waals surface area contributed by atoms with Gasteiger partial charge in [-0.05, 0) is 54.6 Å². The van der Waals surface area contributed by atoms with Gasteiger partial charge >= 0.3 is 5.97 Å². The molecule has 1 aliphatic rings. The maximum atomic E-state index is 13.3. The van der Waals surface area contributed by atoms with Crippen molar-refractivity contribution < 1.29 is 23.1 Å². The number of carboxylic acids is 1. The van der Waals surface area contributed by atoms with Gasteiger partial charge in [0.2, 0.25) is 0 Å². The third-order valence-corrected chi connectivity index (χ3v) is 10.3. The summed E-state index contributed by atoms with van der Waals surface area (Å²) in [6, 6.07) is 12.5. The van der Waals surface area contributed by atoms with E-state index >= 15 is 0 Å². The standard InChI is InChI=1S/C32H41N11O5S2/c33-32(34)36-11-4-7-27(31(45)46)39-30(44)29-26(9-18-49-29)40-50(47,48)25-6-3-5-24(19-25)37-20-23-21-38-43(22-23)17-14-41-12-15-42(16-13-41)28-8-1-2-10-35-28/h1-3,5-6,8-10,18-19,21-22,27,37,40H,4,7,11-17,20H2,(H,39,44)(H,45,46)(H4,33,34,36)/t27-/m0/s1. The van der Waals surface area contributed by atoms with Gasteiger partial charge in [0.15, 0.2) is 5.96 Å². The molecule has 1 amide bonds. The van der Waals surface area contributed by atoms with E-state index in [1.165, 1.54) is 18.2 Å². The predicted molar refractivity (Wildman–Crippen MR) is 193 cm³/mol. The molecule has 50 heavy (non-hydrogen) atoms. The molecule has 5 rings (SSSR count). The van der Waals surface area contributed by atoms with Crippen molar-refractivity contribution in [3.63, 3.8) is 0 Å². The molecule has 1 atom stereocenters. The number of carbonyl (C=O) groups excluding carboxylic acids is 1. The smallest absolute Gasteiger partial charge is 0.326 e. The van der Waals surface area contributed by atoms with Crippen molar-refractivity contribution in [2.45, 2.75) is 36.9 Å². The van der Waals surface area contributed by atoms with Crippen LogP contribution in [0.15, 0.2) is 82.4 Å². The Kier molecular flexibility index (Phi) is 12.2. The summed E-state index contributed by atoms with van der Waals surface area (Å²) in [4.78, 5) is 37.7. The van der Waals surface area contributed by atoms with Crippen molar-refractivity contribution >= 4 is 56.4 Å². The average molecular weight is 724 g/mol. The zero-order chi connectivity index (χ0) is 35.5. The fourth-order valence-electron chi connectivity index (χ4n) is 5.34. The summed E-state index contributed by atoms with van der Waals surface area (Å²) in [6.45, 7) is 6.03. The van der Waals surface area contributed by atoms with Crippen molar-refractivity contribution in [1.82, 2.24) is 25.0 Å². The maximum absolute atomic E-state index is 13.3. The number of amides is 1. The lowest BCUT2D eigenvalue weighted by atomic mass is 10.1. The van der Waals surface area contributed by atoms with E-state index in [1.54, 1.807) is 23.7 Å². The maximum Gasteiger partial charge on any atom is 0.326 e. The van der Waals surface area contributed by atoms with E-state index in [4.69, 9.17) is 11.5 Å². The Morgan fingerprint density at radius 2 is 1.88 bits per heavy atom. The van der Waals surface area contributed by atoms with Gasteiger partial charge in [-0.1, -0.05) is 12.1 Å². The molecule has 1 fully saturated rings. The lowest BCUT2D eigenvalue weighted by Gasteiger charge is -2.35. The van der Waals surface area contributed by atoms with Gasteiger partial charge in [0.1, 0.15) is 16.7 Å². The van der Waals surface area contributed by atoms with Gasteiger partial charge in [-0.3, -0.25) is 24.1 Å². The second kappa shape index (κ2) is 17.0. The van der Waals surface area contributed by atoms with Crippen LogP contribution in [0.1, 0.15) is 28.1 Å². The number of pyridine rings is 1. The number of hydrogen-bond acceptors (Lipinski definition) is 11. The second-order valence-corrected chi connectivity index (χ2v) is 14.2. The Morgan fingerprint density at radius 1 is 1.06 bits per heavy atom. The number of aromatic nitrogens is 3. The van der Waals surface area contributed by atoms with Crippen molar-refractivity contribution in [2.75, 3.05) is 54.2 Å². The minimum Gasteiger partial charge on any atom is -0.480 e. The van der Waals surface area contributed by atoms with Crippen LogP contribution in [0.25, 0.3) is 0 Å². The highest BCUT2D eigenvalue weighted by atomic mass is 32.2. The van der Waals surface area contributed by atoms with Crippen LogP contribution in [0.5, 0.6) is 0 Å². The first-order valence-corrected chi connectivity index (χ1v) is 18.4. The topological polar surface area (TPSA) is 226 Å². The molecule has 0 spiro atoms. The van der Waals surface area contributed by atoms with Crippen molar-refractivity contribution in [3.05, 3.63) is 82.9 Å². The second-order valence-electron chi connectivity index (χ2n) is 11.6. The molecule has 4 aromatic rings. The summed E-state index contributed by atoms with van der Waals surface area (Å²) in [7, 11) is -4.09. The number of rotatable bonds is 17. The monoisotopic (exact) mass is 723 g/mol. The number of guanidine groups is 1. The van der Waals surface area contributed by atoms with Gasteiger partial charge in [0.05, 0.1) is 23.3 Å². The van der Waals surface area contributed by atoms with Crippen LogP contribution < -0.4 is 31.7 Å². The Hall–Kier alpha value is -5.20. The Labute approximate surface area is 294 Å². The number of nitrogens with two attached hydrogens (primary N) is 2. The number of nitrogens with zero attached hydrogens (tertiary/aromatic N) is 6. The molecule has 0 bridgehead atoms. The van der Waals surface area contributed by atoms with Crippen molar-refractivity contribution in [1.29, 1.82) is 0 Å². The fraction of sp³-hybridized carbons (Fsp3) is 0.344. The zero-order valence-electron chi connectivity index (χ0n) is 27.3. The van der Waals surface area contributed by atoms with E-state index in [0.717, 1.165) is 62.0 Å². The molecule has 0 aliphatic carbocycles. The molecule has 18 heteroatoms. The molecule has 1 saturated heterocycles. The van der Waals surface area contributed by atoms with Gasteiger partial charge < -0.3 is 32.1 Å². The largest absolute Gasteiger partial charge is 0.480 e. The summed E-state index contributed by atoms with van der Waals surface area (Å²) >= 11 is 0.987. The summed E-state index contributed by atoms with van der Waals surface area (Å²) < 4.78 is 31.1. The number of piperazine rings is 1. The number of thiophene rings is 1. The lowest BCUT2D eigenvalue weighted by Crippen LogP contribution is -2.47. The number of anilines is 3. The molecule has 1 aromatic carbocycles. The first-order valence-electron chi connectivity index (χ1n) is 16.0. The van der Waals surface area contributed by atoms with Crippen LogP contribution in [-0.2, 0) is 27.9 Å². The number of carboxylic acid groups (broad SMARTS) is 1. The molecule has 0 saturated carbocycles. The number of aliphatic carboxylic acids is 1. The van der Waals surface area contributed by atoms with Crippen LogP contribution >= 0.6 is 11.3 Å². The fourth-order valence-corrected chi connectivity index (χ4v) is 7.27. The highest BCUT2D eigenvalue weighted by Crippen LogP contribution is 2.26. The Morgan fingerprint density at radius 3 is 2.62 bits per heavy atom. The molecule has 266 valence electrons. The van der Waals surface area contributed by atoms with Crippen LogP contribution in [0.2, 0.25) is 0 Å². The normalized spacial score (nSPS) is 14.1. The van der Waals surface area contributed by atoms with Gasteiger partial charge in [0, 0.05) is 69.5 Å². The minimum absolute atomic E-state index is 0.0120. The molecule has 0 unspecified atom stereocenters. The van der Waals surface area contributed by atoms with E-state index in [2.05, 4.69) is 40.2 Å².